The quantitative estimate of drug-likeness (QED) is 0.0763. The Morgan fingerprint density at radius 1 is 0.486 bits per heavy atom. The molecule has 0 saturated heterocycles. The van der Waals surface area contributed by atoms with Crippen LogP contribution in [0.2, 0.25) is 0 Å². The highest BCUT2D eigenvalue weighted by Crippen LogP contribution is 2.17. The molecule has 1 atom stereocenters. The summed E-state index contributed by atoms with van der Waals surface area (Å²) in [6.07, 6.45) is 35.6. The molecule has 0 aromatic heterocycles. The van der Waals surface area contributed by atoms with Crippen molar-refractivity contribution in [1.29, 1.82) is 0 Å². The molecular formula is C33H66O2. The summed E-state index contributed by atoms with van der Waals surface area (Å²) in [6.45, 7) is 7.61. The number of carbonyl (C=O) groups is 1. The Bertz CT molecular complexity index is 406. The van der Waals surface area contributed by atoms with Crippen molar-refractivity contribution in [2.45, 2.75) is 194 Å². The maximum absolute atomic E-state index is 11.9. The molecule has 0 aromatic rings. The largest absolute Gasteiger partial charge is 0.466 e. The van der Waals surface area contributed by atoms with Crippen LogP contribution in [0.5, 0.6) is 0 Å². The van der Waals surface area contributed by atoms with E-state index in [0.717, 1.165) is 18.8 Å². The zero-order valence-corrected chi connectivity index (χ0v) is 24.7. The van der Waals surface area contributed by atoms with Crippen LogP contribution in [-0.2, 0) is 9.53 Å². The molecule has 0 aliphatic heterocycles. The molecule has 35 heavy (non-hydrogen) atoms. The van der Waals surface area contributed by atoms with E-state index in [9.17, 15) is 4.79 Å². The first-order valence-electron chi connectivity index (χ1n) is 16.4. The summed E-state index contributed by atoms with van der Waals surface area (Å²) in [5.74, 6) is 0.947. The summed E-state index contributed by atoms with van der Waals surface area (Å²) in [6, 6.07) is 0. The van der Waals surface area contributed by atoms with E-state index in [1.54, 1.807) is 0 Å². The fraction of sp³-hybridized carbons (Fsp3) is 0.970. The lowest BCUT2D eigenvalue weighted by atomic mass is 9.98. The van der Waals surface area contributed by atoms with Crippen LogP contribution in [0.4, 0.5) is 0 Å². The highest BCUT2D eigenvalue weighted by atomic mass is 16.5. The molecule has 2 heteroatoms. The Labute approximate surface area is 222 Å². The van der Waals surface area contributed by atoms with Gasteiger partial charge in [0.25, 0.3) is 0 Å². The predicted octanol–water partition coefficient (Wildman–Crippen LogP) is 11.7. The van der Waals surface area contributed by atoms with Crippen molar-refractivity contribution in [1.82, 2.24) is 0 Å². The van der Waals surface area contributed by atoms with Crippen LogP contribution in [0.3, 0.4) is 0 Å². The minimum Gasteiger partial charge on any atom is -0.466 e. The highest BCUT2D eigenvalue weighted by molar-refractivity contribution is 5.69. The third-order valence-electron chi connectivity index (χ3n) is 7.62. The van der Waals surface area contributed by atoms with E-state index >= 15 is 0 Å². The van der Waals surface area contributed by atoms with E-state index in [4.69, 9.17) is 4.74 Å². The first-order valence-corrected chi connectivity index (χ1v) is 16.4. The van der Waals surface area contributed by atoms with Crippen molar-refractivity contribution in [3.63, 3.8) is 0 Å². The van der Waals surface area contributed by atoms with Crippen molar-refractivity contribution >= 4 is 5.97 Å². The summed E-state index contributed by atoms with van der Waals surface area (Å²) in [5.41, 5.74) is 0. The number of ether oxygens (including phenoxy) is 1. The van der Waals surface area contributed by atoms with E-state index in [1.165, 1.54) is 154 Å². The molecule has 2 nitrogen and oxygen atoms in total. The fourth-order valence-electron chi connectivity index (χ4n) is 5.19. The standard InChI is InChI=1S/C33H66O2/c1-4-6-7-8-9-10-11-12-13-14-18-21-24-27-31-35-33(34)30-26-23-20-17-15-16-19-22-25-29-32(3)28-5-2/h32H,4-31H2,1-3H3. The van der Waals surface area contributed by atoms with Crippen LogP contribution < -0.4 is 0 Å². The van der Waals surface area contributed by atoms with E-state index in [-0.39, 0.29) is 5.97 Å². The lowest BCUT2D eigenvalue weighted by Gasteiger charge is -2.09. The molecule has 0 radical (unpaired) electrons. The molecule has 0 aromatic carbocycles. The molecule has 0 rings (SSSR count). The SMILES string of the molecule is CCCCCCCCCCCCCCCCOC(=O)CCCCCCCCCCCC(C)CCC. The Morgan fingerprint density at radius 2 is 0.886 bits per heavy atom. The molecule has 0 N–H and O–H groups in total. The Morgan fingerprint density at radius 3 is 1.34 bits per heavy atom. The number of esters is 1. The van der Waals surface area contributed by atoms with E-state index in [1.807, 2.05) is 0 Å². The fourth-order valence-corrected chi connectivity index (χ4v) is 5.19. The maximum atomic E-state index is 11.9. The van der Waals surface area contributed by atoms with Crippen LogP contribution in [0.25, 0.3) is 0 Å². The van der Waals surface area contributed by atoms with E-state index < -0.39 is 0 Å². The lowest BCUT2D eigenvalue weighted by molar-refractivity contribution is -0.143. The second-order valence-corrected chi connectivity index (χ2v) is 11.4. The van der Waals surface area contributed by atoms with Crippen molar-refractivity contribution in [2.24, 2.45) is 5.92 Å². The molecule has 0 bridgehead atoms. The number of hydrogen-bond acceptors (Lipinski definition) is 2. The second-order valence-electron chi connectivity index (χ2n) is 11.4. The first kappa shape index (κ1) is 34.5. The Balaban J connectivity index is 3.17. The maximum Gasteiger partial charge on any atom is 0.305 e. The summed E-state index contributed by atoms with van der Waals surface area (Å²) in [4.78, 5) is 11.9. The van der Waals surface area contributed by atoms with Crippen molar-refractivity contribution in [3.8, 4) is 0 Å². The molecule has 0 aliphatic rings. The minimum absolute atomic E-state index is 0.0250. The molecule has 0 saturated carbocycles. The van der Waals surface area contributed by atoms with Gasteiger partial charge in [0.2, 0.25) is 0 Å². The smallest absolute Gasteiger partial charge is 0.305 e. The van der Waals surface area contributed by atoms with Gasteiger partial charge in [-0.25, -0.2) is 0 Å². The van der Waals surface area contributed by atoms with Crippen LogP contribution >= 0.6 is 0 Å². The molecular weight excluding hydrogens is 428 g/mol. The van der Waals surface area contributed by atoms with E-state index in [2.05, 4.69) is 20.8 Å². The molecule has 0 aliphatic carbocycles. The van der Waals surface area contributed by atoms with Gasteiger partial charge in [0.1, 0.15) is 0 Å². The lowest BCUT2D eigenvalue weighted by Crippen LogP contribution is -2.05. The van der Waals surface area contributed by atoms with Gasteiger partial charge in [-0.05, 0) is 18.8 Å². The normalized spacial score (nSPS) is 12.2. The van der Waals surface area contributed by atoms with Gasteiger partial charge < -0.3 is 4.74 Å². The topological polar surface area (TPSA) is 26.3 Å². The Kier molecular flexibility index (Phi) is 29.2. The van der Waals surface area contributed by atoms with Gasteiger partial charge in [0.05, 0.1) is 6.61 Å². The molecule has 0 amide bonds. The van der Waals surface area contributed by atoms with Gasteiger partial charge >= 0.3 is 5.97 Å². The van der Waals surface area contributed by atoms with Gasteiger partial charge in [-0.3, -0.25) is 4.79 Å². The van der Waals surface area contributed by atoms with Crippen LogP contribution in [0, 0.1) is 5.92 Å². The van der Waals surface area contributed by atoms with Crippen LogP contribution in [0.15, 0.2) is 0 Å². The molecule has 0 fully saturated rings. The van der Waals surface area contributed by atoms with Crippen molar-refractivity contribution in [3.05, 3.63) is 0 Å². The molecule has 210 valence electrons. The van der Waals surface area contributed by atoms with Gasteiger partial charge in [-0.2, -0.15) is 0 Å². The van der Waals surface area contributed by atoms with Gasteiger partial charge in [-0.1, -0.05) is 175 Å². The van der Waals surface area contributed by atoms with E-state index in [0.29, 0.717) is 13.0 Å². The number of unbranched alkanes of at least 4 members (excludes halogenated alkanes) is 21. The average molecular weight is 495 g/mol. The summed E-state index contributed by atoms with van der Waals surface area (Å²) >= 11 is 0. The van der Waals surface area contributed by atoms with Gasteiger partial charge in [-0.15, -0.1) is 0 Å². The highest BCUT2D eigenvalue weighted by Gasteiger charge is 2.03. The molecule has 1 unspecified atom stereocenters. The Hall–Kier alpha value is -0.530. The van der Waals surface area contributed by atoms with Gasteiger partial charge in [0, 0.05) is 6.42 Å². The third-order valence-corrected chi connectivity index (χ3v) is 7.62. The van der Waals surface area contributed by atoms with Crippen molar-refractivity contribution < 1.29 is 9.53 Å². The summed E-state index contributed by atoms with van der Waals surface area (Å²) in [7, 11) is 0. The third kappa shape index (κ3) is 29.6. The van der Waals surface area contributed by atoms with Gasteiger partial charge in [0.15, 0.2) is 0 Å². The van der Waals surface area contributed by atoms with Crippen LogP contribution in [0.1, 0.15) is 194 Å². The molecule has 0 spiro atoms. The van der Waals surface area contributed by atoms with Crippen molar-refractivity contribution in [2.75, 3.05) is 6.61 Å². The monoisotopic (exact) mass is 495 g/mol. The summed E-state index contributed by atoms with van der Waals surface area (Å²) in [5, 5.41) is 0. The number of carbonyl (C=O) groups excluding carboxylic acids is 1. The minimum atomic E-state index is 0.0250. The average Bonchev–Trinajstić information content (AvgIpc) is 2.85. The number of hydrogen-bond donors (Lipinski definition) is 0. The van der Waals surface area contributed by atoms with Crippen LogP contribution in [-0.4, -0.2) is 12.6 Å². The zero-order chi connectivity index (χ0) is 25.7. The second kappa shape index (κ2) is 29.7. The number of rotatable bonds is 29. The molecule has 0 heterocycles. The first-order chi connectivity index (χ1) is 17.2. The zero-order valence-electron chi connectivity index (χ0n) is 24.7. The summed E-state index contributed by atoms with van der Waals surface area (Å²) < 4.78 is 5.42. The predicted molar refractivity (Wildman–Crippen MR) is 156 cm³/mol.